The highest BCUT2D eigenvalue weighted by atomic mass is 16.6. The molecule has 1 heterocycles. The summed E-state index contributed by atoms with van der Waals surface area (Å²) in [6.07, 6.45) is -0.341. The third-order valence-electron chi connectivity index (χ3n) is 3.83. The Morgan fingerprint density at radius 2 is 1.55 bits per heavy atom. The van der Waals surface area contributed by atoms with Crippen LogP contribution < -0.4 is 5.32 Å². The average Bonchev–Trinajstić information content (AvgIpc) is 2.91. The number of alkyl carbamates (subject to hydrolysis) is 1. The molecule has 4 rings (SSSR count). The van der Waals surface area contributed by atoms with Crippen LogP contribution in [0.2, 0.25) is 0 Å². The van der Waals surface area contributed by atoms with Crippen molar-refractivity contribution < 1.29 is 9.53 Å². The number of cyclic esters (lactones) is 1. The molecule has 3 aromatic carbocycles. The molecule has 98 valence electrons. The van der Waals surface area contributed by atoms with E-state index in [0.29, 0.717) is 6.61 Å². The second-order valence-corrected chi connectivity index (χ2v) is 5.03. The molecule has 1 atom stereocenters. The molecule has 1 amide bonds. The molecule has 0 spiro atoms. The van der Waals surface area contributed by atoms with E-state index in [1.807, 2.05) is 24.3 Å². The number of ether oxygens (including phenoxy) is 1. The molecule has 3 heteroatoms. The van der Waals surface area contributed by atoms with Crippen molar-refractivity contribution >= 4 is 27.6 Å². The number of benzene rings is 3. The van der Waals surface area contributed by atoms with Crippen molar-refractivity contribution in [3.05, 3.63) is 60.2 Å². The molecular formula is C17H13NO2. The van der Waals surface area contributed by atoms with Crippen molar-refractivity contribution in [1.29, 1.82) is 0 Å². The van der Waals surface area contributed by atoms with Crippen LogP contribution in [0.3, 0.4) is 0 Å². The van der Waals surface area contributed by atoms with Crippen LogP contribution >= 0.6 is 0 Å². The Hall–Kier alpha value is -2.55. The molecule has 1 aliphatic rings. The fraction of sp³-hybridized carbons (Fsp3) is 0.118. The molecule has 1 aliphatic heterocycles. The second-order valence-electron chi connectivity index (χ2n) is 5.03. The molecule has 20 heavy (non-hydrogen) atoms. The Kier molecular flexibility index (Phi) is 2.39. The van der Waals surface area contributed by atoms with Gasteiger partial charge in [-0.25, -0.2) is 4.79 Å². The van der Waals surface area contributed by atoms with Crippen LogP contribution in [0.5, 0.6) is 0 Å². The summed E-state index contributed by atoms with van der Waals surface area (Å²) in [6, 6.07) is 18.6. The molecular weight excluding hydrogens is 250 g/mol. The molecule has 0 aliphatic carbocycles. The van der Waals surface area contributed by atoms with Crippen molar-refractivity contribution in [1.82, 2.24) is 5.32 Å². The topological polar surface area (TPSA) is 38.3 Å². The van der Waals surface area contributed by atoms with Gasteiger partial charge in [-0.05, 0) is 33.2 Å². The third kappa shape index (κ3) is 1.63. The van der Waals surface area contributed by atoms with E-state index >= 15 is 0 Å². The summed E-state index contributed by atoms with van der Waals surface area (Å²) in [4.78, 5) is 11.4. The molecule has 1 fully saturated rings. The van der Waals surface area contributed by atoms with Crippen LogP contribution in [0.4, 0.5) is 4.79 Å². The van der Waals surface area contributed by atoms with Crippen molar-refractivity contribution in [2.45, 2.75) is 6.04 Å². The van der Waals surface area contributed by atoms with Gasteiger partial charge in [0.15, 0.2) is 0 Å². The zero-order valence-electron chi connectivity index (χ0n) is 10.8. The number of amides is 1. The van der Waals surface area contributed by atoms with Gasteiger partial charge in [0.25, 0.3) is 0 Å². The van der Waals surface area contributed by atoms with Crippen molar-refractivity contribution in [3.8, 4) is 0 Å². The number of hydrogen-bond donors (Lipinski definition) is 1. The third-order valence-corrected chi connectivity index (χ3v) is 3.83. The minimum Gasteiger partial charge on any atom is -0.447 e. The Morgan fingerprint density at radius 3 is 2.10 bits per heavy atom. The standard InChI is InChI=1S/C17H13NO2/c19-17-18-15(10-20-17)16-13-7-3-1-5-11(13)9-12-6-2-4-8-14(12)16/h1-9,15H,10H2,(H,18,19)/t15-/m0/s1. The molecule has 3 nitrogen and oxygen atoms in total. The predicted octanol–water partition coefficient (Wildman–Crippen LogP) is 3.77. The van der Waals surface area contributed by atoms with E-state index in [1.54, 1.807) is 0 Å². The SMILES string of the molecule is O=C1N[C@H](c2c3ccccc3cc3ccccc23)CO1. The Labute approximate surface area is 116 Å². The number of carbonyl (C=O) groups excluding carboxylic acids is 1. The lowest BCUT2D eigenvalue weighted by Gasteiger charge is -2.15. The zero-order chi connectivity index (χ0) is 13.5. The normalized spacial score (nSPS) is 18.2. The van der Waals surface area contributed by atoms with Gasteiger partial charge in [-0.1, -0.05) is 48.5 Å². The van der Waals surface area contributed by atoms with Crippen LogP contribution in [0, 0.1) is 0 Å². The number of rotatable bonds is 1. The molecule has 1 saturated heterocycles. The molecule has 0 aromatic heterocycles. The molecule has 0 unspecified atom stereocenters. The summed E-state index contributed by atoms with van der Waals surface area (Å²) in [5.41, 5.74) is 1.14. The fourth-order valence-corrected chi connectivity index (χ4v) is 2.96. The van der Waals surface area contributed by atoms with Gasteiger partial charge < -0.3 is 10.1 Å². The lowest BCUT2D eigenvalue weighted by atomic mass is 9.93. The van der Waals surface area contributed by atoms with E-state index in [4.69, 9.17) is 4.74 Å². The number of hydrogen-bond acceptors (Lipinski definition) is 2. The monoisotopic (exact) mass is 263 g/mol. The van der Waals surface area contributed by atoms with Crippen molar-refractivity contribution in [3.63, 3.8) is 0 Å². The number of nitrogens with one attached hydrogen (secondary N) is 1. The van der Waals surface area contributed by atoms with Crippen LogP contribution in [-0.4, -0.2) is 12.7 Å². The minimum atomic E-state index is -0.341. The van der Waals surface area contributed by atoms with E-state index in [9.17, 15) is 4.79 Å². The van der Waals surface area contributed by atoms with Gasteiger partial charge in [-0.3, -0.25) is 0 Å². The lowest BCUT2D eigenvalue weighted by molar-refractivity contribution is 0.177. The molecule has 1 N–H and O–H groups in total. The molecule has 3 aromatic rings. The summed E-state index contributed by atoms with van der Waals surface area (Å²) in [5, 5.41) is 7.60. The Balaban J connectivity index is 2.09. The van der Waals surface area contributed by atoms with E-state index in [-0.39, 0.29) is 12.1 Å². The van der Waals surface area contributed by atoms with Gasteiger partial charge in [-0.2, -0.15) is 0 Å². The van der Waals surface area contributed by atoms with E-state index < -0.39 is 0 Å². The Morgan fingerprint density at radius 1 is 0.950 bits per heavy atom. The van der Waals surface area contributed by atoms with Crippen LogP contribution in [0.1, 0.15) is 11.6 Å². The van der Waals surface area contributed by atoms with Gasteiger partial charge >= 0.3 is 6.09 Å². The number of carbonyl (C=O) groups is 1. The first-order valence-corrected chi connectivity index (χ1v) is 6.66. The van der Waals surface area contributed by atoms with Crippen LogP contribution in [0.25, 0.3) is 21.5 Å². The fourth-order valence-electron chi connectivity index (χ4n) is 2.96. The first-order chi connectivity index (χ1) is 9.83. The molecule has 0 bridgehead atoms. The van der Waals surface area contributed by atoms with Gasteiger partial charge in [0.1, 0.15) is 6.61 Å². The summed E-state index contributed by atoms with van der Waals surface area (Å²) < 4.78 is 5.07. The number of fused-ring (bicyclic) bond motifs is 2. The van der Waals surface area contributed by atoms with Gasteiger partial charge in [0, 0.05) is 0 Å². The van der Waals surface area contributed by atoms with Crippen molar-refractivity contribution in [2.24, 2.45) is 0 Å². The average molecular weight is 263 g/mol. The van der Waals surface area contributed by atoms with E-state index in [1.165, 1.54) is 21.5 Å². The quantitative estimate of drug-likeness (QED) is 0.679. The summed E-state index contributed by atoms with van der Waals surface area (Å²) in [5.74, 6) is 0. The summed E-state index contributed by atoms with van der Waals surface area (Å²) in [7, 11) is 0. The molecule has 0 saturated carbocycles. The zero-order valence-corrected chi connectivity index (χ0v) is 10.8. The minimum absolute atomic E-state index is 0.0847. The Bertz CT molecular complexity index is 771. The van der Waals surface area contributed by atoms with Gasteiger partial charge in [-0.15, -0.1) is 0 Å². The lowest BCUT2D eigenvalue weighted by Crippen LogP contribution is -2.18. The second kappa shape index (κ2) is 4.23. The van der Waals surface area contributed by atoms with E-state index in [2.05, 4.69) is 35.6 Å². The van der Waals surface area contributed by atoms with E-state index in [0.717, 1.165) is 5.56 Å². The first-order valence-electron chi connectivity index (χ1n) is 6.66. The van der Waals surface area contributed by atoms with Crippen LogP contribution in [-0.2, 0) is 4.74 Å². The summed E-state index contributed by atoms with van der Waals surface area (Å²) >= 11 is 0. The first kappa shape index (κ1) is 11.3. The summed E-state index contributed by atoms with van der Waals surface area (Å²) in [6.45, 7) is 0.386. The maximum Gasteiger partial charge on any atom is 0.407 e. The van der Waals surface area contributed by atoms with Crippen molar-refractivity contribution in [2.75, 3.05) is 6.61 Å². The van der Waals surface area contributed by atoms with Gasteiger partial charge in [0.05, 0.1) is 6.04 Å². The highest BCUT2D eigenvalue weighted by Crippen LogP contribution is 2.34. The molecule has 0 radical (unpaired) electrons. The smallest absolute Gasteiger partial charge is 0.407 e. The predicted molar refractivity (Wildman–Crippen MR) is 78.7 cm³/mol. The largest absolute Gasteiger partial charge is 0.447 e. The highest BCUT2D eigenvalue weighted by molar-refractivity contribution is 6.03. The maximum atomic E-state index is 11.4. The maximum absolute atomic E-state index is 11.4. The van der Waals surface area contributed by atoms with Crippen LogP contribution in [0.15, 0.2) is 54.6 Å². The highest BCUT2D eigenvalue weighted by Gasteiger charge is 2.26. The van der Waals surface area contributed by atoms with Gasteiger partial charge in [0.2, 0.25) is 0 Å².